The maximum atomic E-state index is 11.8. The summed E-state index contributed by atoms with van der Waals surface area (Å²) in [7, 11) is 0. The first-order chi connectivity index (χ1) is 9.06. The first kappa shape index (κ1) is 12.9. The summed E-state index contributed by atoms with van der Waals surface area (Å²) in [4.78, 5) is 29.2. The predicted molar refractivity (Wildman–Crippen MR) is 68.1 cm³/mol. The summed E-state index contributed by atoms with van der Waals surface area (Å²) in [6.07, 6.45) is 1.40. The molecule has 0 bridgehead atoms. The molecule has 0 radical (unpaired) electrons. The number of rotatable bonds is 3. The van der Waals surface area contributed by atoms with E-state index in [2.05, 4.69) is 15.3 Å². The molecule has 2 rings (SSSR count). The molecule has 0 unspecified atom stereocenters. The summed E-state index contributed by atoms with van der Waals surface area (Å²) < 4.78 is 0. The van der Waals surface area contributed by atoms with Crippen LogP contribution in [0.5, 0.6) is 0 Å². The average Bonchev–Trinajstić information content (AvgIpc) is 2.39. The van der Waals surface area contributed by atoms with Gasteiger partial charge in [0.2, 0.25) is 5.28 Å². The van der Waals surface area contributed by atoms with Gasteiger partial charge in [0, 0.05) is 23.9 Å². The molecular formula is C11H7ClN4O3. The molecule has 1 aromatic carbocycles. The lowest BCUT2D eigenvalue weighted by atomic mass is 10.2. The Hall–Kier alpha value is -2.54. The summed E-state index contributed by atoms with van der Waals surface area (Å²) in [5, 5.41) is 13.0. The fraction of sp³-hybridized carbons (Fsp3) is 0. The van der Waals surface area contributed by atoms with Gasteiger partial charge in [-0.1, -0.05) is 0 Å². The lowest BCUT2D eigenvalue weighted by Crippen LogP contribution is -2.13. The smallest absolute Gasteiger partial charge is 0.269 e. The van der Waals surface area contributed by atoms with Crippen molar-refractivity contribution in [2.75, 3.05) is 5.32 Å². The second-order valence-electron chi connectivity index (χ2n) is 3.47. The van der Waals surface area contributed by atoms with Gasteiger partial charge in [0.1, 0.15) is 5.82 Å². The van der Waals surface area contributed by atoms with Gasteiger partial charge in [-0.3, -0.25) is 14.9 Å². The zero-order chi connectivity index (χ0) is 13.8. The maximum Gasteiger partial charge on any atom is 0.269 e. The van der Waals surface area contributed by atoms with E-state index in [1.807, 2.05) is 0 Å². The van der Waals surface area contributed by atoms with Crippen molar-refractivity contribution in [1.82, 2.24) is 9.97 Å². The van der Waals surface area contributed by atoms with Gasteiger partial charge in [-0.2, -0.15) is 0 Å². The Labute approximate surface area is 112 Å². The quantitative estimate of drug-likeness (QED) is 0.527. The number of amides is 1. The first-order valence-corrected chi connectivity index (χ1v) is 5.48. The molecule has 0 saturated carbocycles. The molecule has 0 aliphatic heterocycles. The third-order valence-corrected chi connectivity index (χ3v) is 2.39. The molecule has 1 N–H and O–H groups in total. The molecule has 19 heavy (non-hydrogen) atoms. The van der Waals surface area contributed by atoms with Crippen molar-refractivity contribution in [1.29, 1.82) is 0 Å². The Morgan fingerprint density at radius 1 is 1.26 bits per heavy atom. The molecule has 0 saturated heterocycles. The van der Waals surface area contributed by atoms with E-state index in [4.69, 9.17) is 11.6 Å². The first-order valence-electron chi connectivity index (χ1n) is 5.10. The number of aromatic nitrogens is 2. The Bertz CT molecular complexity index is 630. The van der Waals surface area contributed by atoms with Crippen molar-refractivity contribution in [2.45, 2.75) is 0 Å². The molecular weight excluding hydrogens is 272 g/mol. The number of carbonyl (C=O) groups excluding carboxylic acids is 1. The molecule has 8 heteroatoms. The number of non-ortho nitro benzene ring substituents is 1. The molecule has 0 aliphatic rings. The number of halogens is 1. The standard InChI is InChI=1S/C11H7ClN4O3/c12-11-13-6-5-9(15-11)14-10(17)7-1-3-8(4-2-7)16(18)19/h1-6H,(H,13,14,15,17). The van der Waals surface area contributed by atoms with Crippen LogP contribution in [0.25, 0.3) is 0 Å². The largest absolute Gasteiger partial charge is 0.306 e. The number of nitro benzene ring substituents is 1. The Balaban J connectivity index is 2.14. The number of anilines is 1. The summed E-state index contributed by atoms with van der Waals surface area (Å²) >= 11 is 5.58. The zero-order valence-corrected chi connectivity index (χ0v) is 10.2. The van der Waals surface area contributed by atoms with Crippen LogP contribution >= 0.6 is 11.6 Å². The number of hydrogen-bond donors (Lipinski definition) is 1. The van der Waals surface area contributed by atoms with Gasteiger partial charge in [-0.25, -0.2) is 9.97 Å². The van der Waals surface area contributed by atoms with E-state index in [-0.39, 0.29) is 22.4 Å². The van der Waals surface area contributed by atoms with Crippen molar-refractivity contribution in [3.05, 3.63) is 57.5 Å². The highest BCUT2D eigenvalue weighted by atomic mass is 35.5. The van der Waals surface area contributed by atoms with Crippen LogP contribution in [0.15, 0.2) is 36.5 Å². The number of nitro groups is 1. The highest BCUT2D eigenvalue weighted by Crippen LogP contribution is 2.13. The monoisotopic (exact) mass is 278 g/mol. The third-order valence-electron chi connectivity index (χ3n) is 2.21. The Morgan fingerprint density at radius 2 is 1.95 bits per heavy atom. The summed E-state index contributed by atoms with van der Waals surface area (Å²) in [6.45, 7) is 0. The van der Waals surface area contributed by atoms with E-state index >= 15 is 0 Å². The molecule has 1 aromatic heterocycles. The fourth-order valence-corrected chi connectivity index (χ4v) is 1.47. The normalized spacial score (nSPS) is 9.95. The van der Waals surface area contributed by atoms with Gasteiger partial charge in [0.15, 0.2) is 0 Å². The molecule has 0 fully saturated rings. The van der Waals surface area contributed by atoms with E-state index in [0.717, 1.165) is 0 Å². The van der Waals surface area contributed by atoms with Crippen LogP contribution < -0.4 is 5.32 Å². The molecule has 2 aromatic rings. The molecule has 1 amide bonds. The Morgan fingerprint density at radius 3 is 2.53 bits per heavy atom. The van der Waals surface area contributed by atoms with Crippen LogP contribution in [-0.4, -0.2) is 20.8 Å². The average molecular weight is 279 g/mol. The van der Waals surface area contributed by atoms with E-state index in [1.165, 1.54) is 36.5 Å². The highest BCUT2D eigenvalue weighted by molar-refractivity contribution is 6.28. The van der Waals surface area contributed by atoms with Crippen molar-refractivity contribution in [3.63, 3.8) is 0 Å². The third kappa shape index (κ3) is 3.23. The minimum atomic E-state index is -0.536. The van der Waals surface area contributed by atoms with Crippen LogP contribution in [0.1, 0.15) is 10.4 Å². The van der Waals surface area contributed by atoms with Gasteiger partial charge in [-0.15, -0.1) is 0 Å². The summed E-state index contributed by atoms with van der Waals surface area (Å²) in [5.74, 6) is -0.187. The summed E-state index contributed by atoms with van der Waals surface area (Å²) in [6, 6.07) is 6.70. The second-order valence-corrected chi connectivity index (χ2v) is 3.81. The van der Waals surface area contributed by atoms with Gasteiger partial charge < -0.3 is 5.32 Å². The molecule has 7 nitrogen and oxygen atoms in total. The lowest BCUT2D eigenvalue weighted by molar-refractivity contribution is -0.384. The fourth-order valence-electron chi connectivity index (χ4n) is 1.33. The minimum absolute atomic E-state index is 0.0153. The molecule has 1 heterocycles. The molecule has 96 valence electrons. The van der Waals surface area contributed by atoms with Crippen molar-refractivity contribution in [3.8, 4) is 0 Å². The van der Waals surface area contributed by atoms with Crippen LogP contribution in [0.2, 0.25) is 5.28 Å². The number of carbonyl (C=O) groups is 1. The van der Waals surface area contributed by atoms with Crippen LogP contribution in [0, 0.1) is 10.1 Å². The molecule has 0 aliphatic carbocycles. The van der Waals surface area contributed by atoms with Crippen molar-refractivity contribution >= 4 is 29.0 Å². The van der Waals surface area contributed by atoms with Crippen molar-refractivity contribution in [2.24, 2.45) is 0 Å². The number of nitrogens with one attached hydrogen (secondary N) is 1. The van der Waals surface area contributed by atoms with E-state index in [9.17, 15) is 14.9 Å². The van der Waals surface area contributed by atoms with Gasteiger partial charge >= 0.3 is 0 Å². The molecule has 0 spiro atoms. The van der Waals surface area contributed by atoms with E-state index < -0.39 is 10.8 Å². The predicted octanol–water partition coefficient (Wildman–Crippen LogP) is 2.29. The number of hydrogen-bond acceptors (Lipinski definition) is 5. The van der Waals surface area contributed by atoms with Crippen LogP contribution in [0.4, 0.5) is 11.5 Å². The lowest BCUT2D eigenvalue weighted by Gasteiger charge is -2.03. The minimum Gasteiger partial charge on any atom is -0.306 e. The number of nitrogens with zero attached hydrogens (tertiary/aromatic N) is 3. The van der Waals surface area contributed by atoms with Gasteiger partial charge in [0.05, 0.1) is 4.92 Å². The highest BCUT2D eigenvalue weighted by Gasteiger charge is 2.10. The topological polar surface area (TPSA) is 98.0 Å². The maximum absolute atomic E-state index is 11.8. The van der Waals surface area contributed by atoms with Crippen LogP contribution in [-0.2, 0) is 0 Å². The second kappa shape index (κ2) is 5.40. The Kier molecular flexibility index (Phi) is 3.67. The zero-order valence-electron chi connectivity index (χ0n) is 9.41. The number of benzene rings is 1. The van der Waals surface area contributed by atoms with Crippen molar-refractivity contribution < 1.29 is 9.72 Å². The van der Waals surface area contributed by atoms with E-state index in [1.54, 1.807) is 0 Å². The van der Waals surface area contributed by atoms with Gasteiger partial charge in [0.25, 0.3) is 11.6 Å². The van der Waals surface area contributed by atoms with Gasteiger partial charge in [-0.05, 0) is 29.8 Å². The summed E-state index contributed by atoms with van der Waals surface area (Å²) in [5.41, 5.74) is 0.196. The SMILES string of the molecule is O=C(Nc1ccnc(Cl)n1)c1ccc([N+](=O)[O-])cc1. The molecule has 0 atom stereocenters. The van der Waals surface area contributed by atoms with E-state index in [0.29, 0.717) is 0 Å². The van der Waals surface area contributed by atoms with Crippen LogP contribution in [0.3, 0.4) is 0 Å².